The second-order valence-corrected chi connectivity index (χ2v) is 7.17. The standard InChI is InChI=1S/C19H28N2O2.ClH/c1-15-3-4-16(2)17(13-15)23-12-5-18(22)21-10-7-19(8-11-21)6-9-20-14-19;/h3-4,13,20H,5-12,14H2,1-2H3;1H. The van der Waals surface area contributed by atoms with Gasteiger partial charge in [0.1, 0.15) is 5.75 Å². The average Bonchev–Trinajstić information content (AvgIpc) is 2.99. The molecular weight excluding hydrogens is 324 g/mol. The summed E-state index contributed by atoms with van der Waals surface area (Å²) in [5, 5.41) is 3.47. The molecule has 1 aromatic carbocycles. The Morgan fingerprint density at radius 1 is 1.25 bits per heavy atom. The number of aryl methyl sites for hydroxylation is 2. The average molecular weight is 353 g/mol. The van der Waals surface area contributed by atoms with Crippen LogP contribution in [-0.4, -0.2) is 43.6 Å². The largest absolute Gasteiger partial charge is 0.493 e. The fraction of sp³-hybridized carbons (Fsp3) is 0.632. The molecular formula is C19H29ClN2O2. The molecule has 2 saturated heterocycles. The van der Waals surface area contributed by atoms with Gasteiger partial charge in [0.15, 0.2) is 0 Å². The molecule has 24 heavy (non-hydrogen) atoms. The Hall–Kier alpha value is -1.26. The predicted molar refractivity (Wildman–Crippen MR) is 99.0 cm³/mol. The Kier molecular flexibility index (Phi) is 6.53. The first-order chi connectivity index (χ1) is 11.1. The van der Waals surface area contributed by atoms with Gasteiger partial charge < -0.3 is 15.0 Å². The van der Waals surface area contributed by atoms with Gasteiger partial charge >= 0.3 is 0 Å². The summed E-state index contributed by atoms with van der Waals surface area (Å²) in [7, 11) is 0. The van der Waals surface area contributed by atoms with E-state index in [1.165, 1.54) is 12.0 Å². The molecule has 0 bridgehead atoms. The van der Waals surface area contributed by atoms with Crippen molar-refractivity contribution in [3.63, 3.8) is 0 Å². The minimum Gasteiger partial charge on any atom is -0.493 e. The van der Waals surface area contributed by atoms with Gasteiger partial charge in [-0.2, -0.15) is 0 Å². The number of likely N-dealkylation sites (tertiary alicyclic amines) is 1. The van der Waals surface area contributed by atoms with Crippen molar-refractivity contribution in [2.75, 3.05) is 32.8 Å². The molecule has 3 rings (SSSR count). The van der Waals surface area contributed by atoms with Gasteiger partial charge in [-0.15, -0.1) is 12.4 Å². The maximum Gasteiger partial charge on any atom is 0.225 e. The quantitative estimate of drug-likeness (QED) is 0.905. The van der Waals surface area contributed by atoms with Crippen molar-refractivity contribution >= 4 is 18.3 Å². The number of nitrogens with zero attached hydrogens (tertiary/aromatic N) is 1. The van der Waals surface area contributed by atoms with Crippen LogP contribution in [0.5, 0.6) is 5.75 Å². The number of ether oxygens (including phenoxy) is 1. The fourth-order valence-corrected chi connectivity index (χ4v) is 3.72. The van der Waals surface area contributed by atoms with Crippen LogP contribution in [0.2, 0.25) is 0 Å². The van der Waals surface area contributed by atoms with E-state index in [0.29, 0.717) is 18.4 Å². The zero-order valence-electron chi connectivity index (χ0n) is 14.8. The summed E-state index contributed by atoms with van der Waals surface area (Å²) < 4.78 is 5.81. The third-order valence-electron chi connectivity index (χ3n) is 5.43. The number of hydrogen-bond acceptors (Lipinski definition) is 3. The van der Waals surface area contributed by atoms with Crippen LogP contribution in [0, 0.1) is 19.3 Å². The first-order valence-corrected chi connectivity index (χ1v) is 8.77. The van der Waals surface area contributed by atoms with Gasteiger partial charge in [0, 0.05) is 19.6 Å². The molecule has 2 aliphatic heterocycles. The van der Waals surface area contributed by atoms with E-state index in [1.54, 1.807) is 0 Å². The van der Waals surface area contributed by atoms with Crippen molar-refractivity contribution < 1.29 is 9.53 Å². The molecule has 1 aromatic rings. The summed E-state index contributed by atoms with van der Waals surface area (Å²) in [6.07, 6.45) is 4.02. The SMILES string of the molecule is Cc1ccc(C)c(OCCC(=O)N2CCC3(CCNC3)CC2)c1.Cl. The number of nitrogens with one attached hydrogen (secondary N) is 1. The van der Waals surface area contributed by atoms with Crippen molar-refractivity contribution in [2.24, 2.45) is 5.41 Å². The van der Waals surface area contributed by atoms with Crippen LogP contribution in [0.3, 0.4) is 0 Å². The van der Waals surface area contributed by atoms with E-state index >= 15 is 0 Å². The van der Waals surface area contributed by atoms with Gasteiger partial charge in [-0.05, 0) is 62.3 Å². The zero-order valence-corrected chi connectivity index (χ0v) is 15.6. The zero-order chi connectivity index (χ0) is 16.3. The molecule has 2 fully saturated rings. The van der Waals surface area contributed by atoms with Gasteiger partial charge in [0.05, 0.1) is 13.0 Å². The lowest BCUT2D eigenvalue weighted by molar-refractivity contribution is -0.133. The van der Waals surface area contributed by atoms with Crippen molar-refractivity contribution in [1.29, 1.82) is 0 Å². The van der Waals surface area contributed by atoms with Crippen molar-refractivity contribution in [1.82, 2.24) is 10.2 Å². The Balaban J connectivity index is 0.00000208. The summed E-state index contributed by atoms with van der Waals surface area (Å²) >= 11 is 0. The van der Waals surface area contributed by atoms with Crippen molar-refractivity contribution in [2.45, 2.75) is 39.5 Å². The van der Waals surface area contributed by atoms with Gasteiger partial charge in [-0.1, -0.05) is 12.1 Å². The van der Waals surface area contributed by atoms with Crippen LogP contribution in [0.25, 0.3) is 0 Å². The number of benzene rings is 1. The predicted octanol–water partition coefficient (Wildman–Crippen LogP) is 3.10. The topological polar surface area (TPSA) is 41.6 Å². The highest BCUT2D eigenvalue weighted by Gasteiger charge is 2.37. The van der Waals surface area contributed by atoms with E-state index in [2.05, 4.69) is 24.4 Å². The summed E-state index contributed by atoms with van der Waals surface area (Å²) in [6.45, 7) is 8.64. The van der Waals surface area contributed by atoms with Crippen molar-refractivity contribution in [3.05, 3.63) is 29.3 Å². The first kappa shape index (κ1) is 19.1. The van der Waals surface area contributed by atoms with Crippen LogP contribution in [0.1, 0.15) is 36.8 Å². The number of carbonyl (C=O) groups excluding carboxylic acids is 1. The molecule has 1 N–H and O–H groups in total. The van der Waals surface area contributed by atoms with Crippen molar-refractivity contribution in [3.8, 4) is 5.75 Å². The second-order valence-electron chi connectivity index (χ2n) is 7.17. The number of amides is 1. The highest BCUT2D eigenvalue weighted by atomic mass is 35.5. The molecule has 0 aliphatic carbocycles. The molecule has 0 radical (unpaired) electrons. The highest BCUT2D eigenvalue weighted by molar-refractivity contribution is 5.85. The summed E-state index contributed by atoms with van der Waals surface area (Å²) in [6, 6.07) is 6.18. The number of carbonyl (C=O) groups is 1. The van der Waals surface area contributed by atoms with Gasteiger partial charge in [-0.3, -0.25) is 4.79 Å². The molecule has 2 heterocycles. The Bertz CT molecular complexity index is 560. The van der Waals surface area contributed by atoms with Crippen LogP contribution >= 0.6 is 12.4 Å². The first-order valence-electron chi connectivity index (χ1n) is 8.77. The fourth-order valence-electron chi connectivity index (χ4n) is 3.72. The molecule has 0 atom stereocenters. The van der Waals surface area contributed by atoms with E-state index in [4.69, 9.17) is 4.74 Å². The third kappa shape index (κ3) is 4.42. The Morgan fingerprint density at radius 2 is 2.00 bits per heavy atom. The molecule has 134 valence electrons. The normalized spacial score (nSPS) is 19.2. The van der Waals surface area contributed by atoms with E-state index in [1.807, 2.05) is 17.9 Å². The van der Waals surface area contributed by atoms with Gasteiger partial charge in [0.2, 0.25) is 5.91 Å². The van der Waals surface area contributed by atoms with Gasteiger partial charge in [0.25, 0.3) is 0 Å². The molecule has 0 aromatic heterocycles. The number of halogens is 1. The number of hydrogen-bond donors (Lipinski definition) is 1. The highest BCUT2D eigenvalue weighted by Crippen LogP contribution is 2.36. The summed E-state index contributed by atoms with van der Waals surface area (Å²) in [4.78, 5) is 14.4. The summed E-state index contributed by atoms with van der Waals surface area (Å²) in [5.41, 5.74) is 2.77. The maximum atomic E-state index is 12.4. The van der Waals surface area contributed by atoms with Crippen LogP contribution in [0.4, 0.5) is 0 Å². The van der Waals surface area contributed by atoms with E-state index < -0.39 is 0 Å². The summed E-state index contributed by atoms with van der Waals surface area (Å²) in [5.74, 6) is 1.13. The Labute approximate surface area is 151 Å². The van der Waals surface area contributed by atoms with Gasteiger partial charge in [-0.25, -0.2) is 0 Å². The number of piperidine rings is 1. The third-order valence-corrected chi connectivity index (χ3v) is 5.43. The number of rotatable bonds is 4. The second kappa shape index (κ2) is 8.21. The lowest BCUT2D eigenvalue weighted by Crippen LogP contribution is -2.44. The molecule has 0 saturated carbocycles. The maximum absolute atomic E-state index is 12.4. The minimum absolute atomic E-state index is 0. The smallest absolute Gasteiger partial charge is 0.225 e. The minimum atomic E-state index is 0. The Morgan fingerprint density at radius 3 is 2.67 bits per heavy atom. The van der Waals surface area contributed by atoms with Crippen LogP contribution in [-0.2, 0) is 4.79 Å². The molecule has 1 spiro atoms. The van der Waals surface area contributed by atoms with E-state index in [-0.39, 0.29) is 18.3 Å². The lowest BCUT2D eigenvalue weighted by Gasteiger charge is -2.38. The molecule has 0 unspecified atom stereocenters. The molecule has 4 nitrogen and oxygen atoms in total. The molecule has 5 heteroatoms. The molecule has 1 amide bonds. The lowest BCUT2D eigenvalue weighted by atomic mass is 9.78. The monoisotopic (exact) mass is 352 g/mol. The van der Waals surface area contributed by atoms with Crippen LogP contribution in [0.15, 0.2) is 18.2 Å². The van der Waals surface area contributed by atoms with E-state index in [0.717, 1.165) is 50.3 Å². The van der Waals surface area contributed by atoms with Crippen LogP contribution < -0.4 is 10.1 Å². The molecule has 2 aliphatic rings. The van der Waals surface area contributed by atoms with E-state index in [9.17, 15) is 4.79 Å².